The molecule has 7 heteroatoms. The van der Waals surface area contributed by atoms with Gasteiger partial charge in [-0.2, -0.15) is 0 Å². The van der Waals surface area contributed by atoms with Crippen LogP contribution in [0, 0.1) is 6.92 Å². The lowest BCUT2D eigenvalue weighted by Crippen LogP contribution is -2.13. The van der Waals surface area contributed by atoms with E-state index in [1.165, 1.54) is 22.7 Å². The van der Waals surface area contributed by atoms with Crippen molar-refractivity contribution in [2.45, 2.75) is 6.92 Å². The molecule has 0 atom stereocenters. The first-order valence-corrected chi connectivity index (χ1v) is 8.56. The molecule has 2 heterocycles. The third kappa shape index (κ3) is 3.82. The van der Waals surface area contributed by atoms with Gasteiger partial charge in [0.2, 0.25) is 0 Å². The van der Waals surface area contributed by atoms with Crippen LogP contribution in [0.1, 0.15) is 25.7 Å². The smallest absolute Gasteiger partial charge is 0.265 e. The molecule has 0 fully saturated rings. The minimum atomic E-state index is -0.226. The molecule has 0 spiro atoms. The molecule has 3 aromatic rings. The molecule has 3 rings (SSSR count). The van der Waals surface area contributed by atoms with Crippen molar-refractivity contribution in [3.63, 3.8) is 0 Å². The number of thiophene rings is 1. The molecule has 5 nitrogen and oxygen atoms in total. The van der Waals surface area contributed by atoms with E-state index in [0.29, 0.717) is 21.3 Å². The number of rotatable bonds is 4. The molecule has 0 saturated carbocycles. The van der Waals surface area contributed by atoms with Gasteiger partial charge in [-0.05, 0) is 42.6 Å². The van der Waals surface area contributed by atoms with Crippen LogP contribution in [-0.4, -0.2) is 16.8 Å². The molecule has 2 amide bonds. The molecule has 23 heavy (non-hydrogen) atoms. The van der Waals surface area contributed by atoms with Gasteiger partial charge < -0.3 is 5.32 Å². The predicted octanol–water partition coefficient (Wildman–Crippen LogP) is 4.02. The standard InChI is InChI=1S/C16H13N3O2S2/c1-10-9-23-16(17-10)19-14(20)11-4-6-12(7-5-11)18-15(21)13-3-2-8-22-13/h2-9H,1H3,(H,18,21)(H,17,19,20). The van der Waals surface area contributed by atoms with Crippen molar-refractivity contribution < 1.29 is 9.59 Å². The molecule has 2 aromatic heterocycles. The molecular formula is C16H13N3O2S2. The van der Waals surface area contributed by atoms with Crippen LogP contribution in [-0.2, 0) is 0 Å². The zero-order chi connectivity index (χ0) is 16.2. The Morgan fingerprint density at radius 2 is 1.78 bits per heavy atom. The summed E-state index contributed by atoms with van der Waals surface area (Å²) in [7, 11) is 0. The maximum atomic E-state index is 12.1. The number of thiazole rings is 1. The summed E-state index contributed by atoms with van der Waals surface area (Å²) >= 11 is 2.76. The second-order valence-corrected chi connectivity index (χ2v) is 6.56. The first-order chi connectivity index (χ1) is 11.1. The predicted molar refractivity (Wildman–Crippen MR) is 93.5 cm³/mol. The van der Waals surface area contributed by atoms with Crippen molar-refractivity contribution in [3.05, 3.63) is 63.3 Å². The van der Waals surface area contributed by atoms with Crippen molar-refractivity contribution in [1.82, 2.24) is 4.98 Å². The molecule has 1 aromatic carbocycles. The third-order valence-electron chi connectivity index (χ3n) is 2.99. The highest BCUT2D eigenvalue weighted by Crippen LogP contribution is 2.17. The van der Waals surface area contributed by atoms with E-state index >= 15 is 0 Å². The summed E-state index contributed by atoms with van der Waals surface area (Å²) in [5, 5.41) is 9.83. The summed E-state index contributed by atoms with van der Waals surface area (Å²) in [6, 6.07) is 10.3. The Morgan fingerprint density at radius 1 is 1.00 bits per heavy atom. The summed E-state index contributed by atoms with van der Waals surface area (Å²) in [6.45, 7) is 1.87. The van der Waals surface area contributed by atoms with E-state index in [9.17, 15) is 9.59 Å². The first-order valence-electron chi connectivity index (χ1n) is 6.80. The number of aryl methyl sites for hydroxylation is 1. The van der Waals surface area contributed by atoms with Crippen LogP contribution in [0.15, 0.2) is 47.2 Å². The summed E-state index contributed by atoms with van der Waals surface area (Å²) in [5.74, 6) is -0.383. The largest absolute Gasteiger partial charge is 0.321 e. The van der Waals surface area contributed by atoms with E-state index < -0.39 is 0 Å². The van der Waals surface area contributed by atoms with Gasteiger partial charge in [0.1, 0.15) is 0 Å². The van der Waals surface area contributed by atoms with Gasteiger partial charge in [0.05, 0.1) is 10.6 Å². The van der Waals surface area contributed by atoms with Gasteiger partial charge in [-0.25, -0.2) is 4.98 Å². The molecule has 0 unspecified atom stereocenters. The highest BCUT2D eigenvalue weighted by atomic mass is 32.1. The number of nitrogens with one attached hydrogen (secondary N) is 2. The molecule has 0 aliphatic carbocycles. The molecule has 0 aliphatic rings. The lowest BCUT2D eigenvalue weighted by molar-refractivity contribution is 0.102. The van der Waals surface area contributed by atoms with Crippen LogP contribution >= 0.6 is 22.7 Å². The van der Waals surface area contributed by atoms with Gasteiger partial charge in [0.15, 0.2) is 5.13 Å². The van der Waals surface area contributed by atoms with Crippen LogP contribution in [0.5, 0.6) is 0 Å². The van der Waals surface area contributed by atoms with Gasteiger partial charge in [-0.1, -0.05) is 6.07 Å². The highest BCUT2D eigenvalue weighted by molar-refractivity contribution is 7.14. The fourth-order valence-electron chi connectivity index (χ4n) is 1.89. The zero-order valence-corrected chi connectivity index (χ0v) is 13.8. The van der Waals surface area contributed by atoms with Crippen LogP contribution in [0.3, 0.4) is 0 Å². The Kier molecular flexibility index (Phi) is 4.50. The summed E-state index contributed by atoms with van der Waals surface area (Å²) in [4.78, 5) is 28.9. The molecule has 116 valence electrons. The van der Waals surface area contributed by atoms with Gasteiger partial charge in [-0.3, -0.25) is 14.9 Å². The van der Waals surface area contributed by atoms with E-state index in [1.807, 2.05) is 23.8 Å². The highest BCUT2D eigenvalue weighted by Gasteiger charge is 2.10. The lowest BCUT2D eigenvalue weighted by atomic mass is 10.2. The maximum absolute atomic E-state index is 12.1. The van der Waals surface area contributed by atoms with E-state index in [-0.39, 0.29) is 11.8 Å². The monoisotopic (exact) mass is 343 g/mol. The Labute approximate surface area is 141 Å². The second-order valence-electron chi connectivity index (χ2n) is 4.76. The van der Waals surface area contributed by atoms with Gasteiger partial charge >= 0.3 is 0 Å². The van der Waals surface area contributed by atoms with Crippen LogP contribution in [0.25, 0.3) is 0 Å². The third-order valence-corrected chi connectivity index (χ3v) is 4.73. The number of hydrogen-bond donors (Lipinski definition) is 2. The number of benzene rings is 1. The molecule has 0 bridgehead atoms. The zero-order valence-electron chi connectivity index (χ0n) is 12.2. The average Bonchev–Trinajstić information content (AvgIpc) is 3.20. The van der Waals surface area contributed by atoms with Gasteiger partial charge in [0.25, 0.3) is 11.8 Å². The minimum Gasteiger partial charge on any atom is -0.321 e. The Bertz CT molecular complexity index is 823. The quantitative estimate of drug-likeness (QED) is 0.751. The first kappa shape index (κ1) is 15.4. The SMILES string of the molecule is Cc1csc(NC(=O)c2ccc(NC(=O)c3cccs3)cc2)n1. The molecule has 0 aliphatic heterocycles. The summed E-state index contributed by atoms with van der Waals surface area (Å²) in [6.07, 6.45) is 0. The normalized spacial score (nSPS) is 10.3. The van der Waals surface area contributed by atoms with Crippen LogP contribution in [0.2, 0.25) is 0 Å². The number of anilines is 2. The topological polar surface area (TPSA) is 71.1 Å². The second kappa shape index (κ2) is 6.72. The number of nitrogens with zero attached hydrogens (tertiary/aromatic N) is 1. The Balaban J connectivity index is 1.64. The molecule has 0 saturated heterocycles. The summed E-state index contributed by atoms with van der Waals surface area (Å²) < 4.78 is 0. The fraction of sp³-hybridized carbons (Fsp3) is 0.0625. The average molecular weight is 343 g/mol. The lowest BCUT2D eigenvalue weighted by Gasteiger charge is -2.05. The van der Waals surface area contributed by atoms with Crippen LogP contribution < -0.4 is 10.6 Å². The minimum absolute atomic E-state index is 0.157. The van der Waals surface area contributed by atoms with E-state index in [0.717, 1.165) is 5.69 Å². The fourth-order valence-corrected chi connectivity index (χ4v) is 3.19. The van der Waals surface area contributed by atoms with Crippen molar-refractivity contribution in [1.29, 1.82) is 0 Å². The van der Waals surface area contributed by atoms with E-state index in [1.54, 1.807) is 30.3 Å². The van der Waals surface area contributed by atoms with Gasteiger partial charge in [0, 0.05) is 16.6 Å². The van der Waals surface area contributed by atoms with E-state index in [4.69, 9.17) is 0 Å². The number of hydrogen-bond acceptors (Lipinski definition) is 5. The summed E-state index contributed by atoms with van der Waals surface area (Å²) in [5.41, 5.74) is 2.02. The number of carbonyl (C=O) groups excluding carboxylic acids is 2. The molecule has 2 N–H and O–H groups in total. The molecular weight excluding hydrogens is 330 g/mol. The van der Waals surface area contributed by atoms with Crippen molar-refractivity contribution in [2.24, 2.45) is 0 Å². The molecule has 0 radical (unpaired) electrons. The number of aromatic nitrogens is 1. The van der Waals surface area contributed by atoms with Crippen LogP contribution in [0.4, 0.5) is 10.8 Å². The van der Waals surface area contributed by atoms with Crippen molar-refractivity contribution in [2.75, 3.05) is 10.6 Å². The maximum Gasteiger partial charge on any atom is 0.265 e. The van der Waals surface area contributed by atoms with Crippen molar-refractivity contribution in [3.8, 4) is 0 Å². The number of amides is 2. The Hall–Kier alpha value is -2.51. The van der Waals surface area contributed by atoms with E-state index in [2.05, 4.69) is 15.6 Å². The number of carbonyl (C=O) groups is 2. The van der Waals surface area contributed by atoms with Crippen molar-refractivity contribution >= 4 is 45.3 Å². The Morgan fingerprint density at radius 3 is 2.39 bits per heavy atom. The van der Waals surface area contributed by atoms with Gasteiger partial charge in [-0.15, -0.1) is 22.7 Å².